The van der Waals surface area contributed by atoms with Gasteiger partial charge >= 0.3 is 0 Å². The lowest BCUT2D eigenvalue weighted by Crippen LogP contribution is -2.47. The molecule has 1 aliphatic rings. The van der Waals surface area contributed by atoms with E-state index in [-0.39, 0.29) is 5.91 Å². The van der Waals surface area contributed by atoms with Crippen LogP contribution < -0.4 is 5.32 Å². The number of carbonyl (C=O) groups is 1. The predicted molar refractivity (Wildman–Crippen MR) is 77.7 cm³/mol. The maximum Gasteiger partial charge on any atom is 0.276 e. The highest BCUT2D eigenvalue weighted by Gasteiger charge is 2.25. The van der Waals surface area contributed by atoms with Crippen LogP contribution in [0.3, 0.4) is 0 Å². The number of pyridine rings is 1. The molecule has 0 bridgehead atoms. The van der Waals surface area contributed by atoms with Crippen LogP contribution in [0.5, 0.6) is 0 Å². The first-order valence-electron chi connectivity index (χ1n) is 7.11. The summed E-state index contributed by atoms with van der Waals surface area (Å²) >= 11 is 0. The molecule has 1 unspecified atom stereocenters. The van der Waals surface area contributed by atoms with Crippen LogP contribution in [0, 0.1) is 0 Å². The fourth-order valence-electron chi connectivity index (χ4n) is 2.58. The number of likely N-dealkylation sites (tertiary alicyclic amines) is 1. The molecule has 2 aromatic heterocycles. The fourth-order valence-corrected chi connectivity index (χ4v) is 2.58. The smallest absolute Gasteiger partial charge is 0.276 e. The molecule has 0 aromatic carbocycles. The minimum absolute atomic E-state index is 0.0751. The highest BCUT2D eigenvalue weighted by atomic mass is 16.5. The maximum atomic E-state index is 12.5. The van der Waals surface area contributed by atoms with Crippen molar-refractivity contribution in [3.05, 3.63) is 36.3 Å². The third kappa shape index (κ3) is 2.95. The van der Waals surface area contributed by atoms with Gasteiger partial charge in [0.15, 0.2) is 11.5 Å². The van der Waals surface area contributed by atoms with E-state index in [0.29, 0.717) is 24.0 Å². The normalized spacial score (nSPS) is 18.7. The lowest BCUT2D eigenvalue weighted by Gasteiger charge is -2.31. The first kappa shape index (κ1) is 13.8. The molecule has 1 N–H and O–H groups in total. The average Bonchev–Trinajstić information content (AvgIpc) is 3.05. The molecular weight excluding hydrogens is 268 g/mol. The van der Waals surface area contributed by atoms with Gasteiger partial charge in [0.2, 0.25) is 0 Å². The van der Waals surface area contributed by atoms with Gasteiger partial charge in [0.25, 0.3) is 5.91 Å². The van der Waals surface area contributed by atoms with E-state index in [4.69, 9.17) is 4.52 Å². The van der Waals surface area contributed by atoms with Gasteiger partial charge < -0.3 is 14.7 Å². The SMILES string of the molecule is CNC1CCCN(C(=O)c2cc(-c3cccnc3)on2)C1. The van der Waals surface area contributed by atoms with Crippen LogP contribution in [0.15, 0.2) is 35.1 Å². The Hall–Kier alpha value is -2.21. The van der Waals surface area contributed by atoms with Crippen LogP contribution >= 0.6 is 0 Å². The number of hydrogen-bond donors (Lipinski definition) is 1. The Labute approximate surface area is 123 Å². The van der Waals surface area contributed by atoms with E-state index < -0.39 is 0 Å². The topological polar surface area (TPSA) is 71.3 Å². The fraction of sp³-hybridized carbons (Fsp3) is 0.400. The lowest BCUT2D eigenvalue weighted by atomic mass is 10.1. The molecule has 6 nitrogen and oxygen atoms in total. The highest BCUT2D eigenvalue weighted by molar-refractivity contribution is 5.93. The van der Waals surface area contributed by atoms with Gasteiger partial charge in [-0.3, -0.25) is 9.78 Å². The van der Waals surface area contributed by atoms with Crippen molar-refractivity contribution in [1.29, 1.82) is 0 Å². The lowest BCUT2D eigenvalue weighted by molar-refractivity contribution is 0.0688. The monoisotopic (exact) mass is 286 g/mol. The molecule has 0 radical (unpaired) electrons. The third-order valence-electron chi connectivity index (χ3n) is 3.79. The van der Waals surface area contributed by atoms with E-state index in [1.807, 2.05) is 24.1 Å². The Bertz CT molecular complexity index is 611. The van der Waals surface area contributed by atoms with Gasteiger partial charge in [0.1, 0.15) is 0 Å². The van der Waals surface area contributed by atoms with E-state index in [9.17, 15) is 4.79 Å². The summed E-state index contributed by atoms with van der Waals surface area (Å²) in [6.07, 6.45) is 5.48. The van der Waals surface area contributed by atoms with Crippen molar-refractivity contribution < 1.29 is 9.32 Å². The summed E-state index contributed by atoms with van der Waals surface area (Å²) < 4.78 is 5.26. The van der Waals surface area contributed by atoms with E-state index in [2.05, 4.69) is 15.5 Å². The second-order valence-corrected chi connectivity index (χ2v) is 5.20. The minimum Gasteiger partial charge on any atom is -0.355 e. The Balaban J connectivity index is 1.75. The van der Waals surface area contributed by atoms with Crippen LogP contribution in [0.2, 0.25) is 0 Å². The molecule has 0 aliphatic carbocycles. The second-order valence-electron chi connectivity index (χ2n) is 5.20. The van der Waals surface area contributed by atoms with Crippen molar-refractivity contribution >= 4 is 5.91 Å². The van der Waals surface area contributed by atoms with Gasteiger partial charge in [-0.1, -0.05) is 5.16 Å². The van der Waals surface area contributed by atoms with Gasteiger partial charge in [0.05, 0.1) is 0 Å². The molecule has 1 fully saturated rings. The molecule has 2 aromatic rings. The molecule has 1 atom stereocenters. The van der Waals surface area contributed by atoms with Gasteiger partial charge in [-0.05, 0) is 32.0 Å². The first-order valence-corrected chi connectivity index (χ1v) is 7.11. The summed E-state index contributed by atoms with van der Waals surface area (Å²) in [7, 11) is 1.93. The largest absolute Gasteiger partial charge is 0.355 e. The second kappa shape index (κ2) is 6.05. The zero-order valence-electron chi connectivity index (χ0n) is 12.0. The van der Waals surface area contributed by atoms with Crippen molar-refractivity contribution in [2.24, 2.45) is 0 Å². The summed E-state index contributed by atoms with van der Waals surface area (Å²) in [5, 5.41) is 7.13. The quantitative estimate of drug-likeness (QED) is 0.927. The molecule has 1 saturated heterocycles. The number of amides is 1. The number of hydrogen-bond acceptors (Lipinski definition) is 5. The van der Waals surface area contributed by atoms with Crippen molar-refractivity contribution in [2.45, 2.75) is 18.9 Å². The number of nitrogens with zero attached hydrogens (tertiary/aromatic N) is 3. The number of rotatable bonds is 3. The first-order chi connectivity index (χ1) is 10.3. The Morgan fingerprint density at radius 1 is 1.52 bits per heavy atom. The summed E-state index contributed by atoms with van der Waals surface area (Å²) in [5.41, 5.74) is 1.17. The molecule has 6 heteroatoms. The summed E-state index contributed by atoms with van der Waals surface area (Å²) in [5.74, 6) is 0.488. The molecule has 110 valence electrons. The predicted octanol–water partition coefficient (Wildman–Crippen LogP) is 1.56. The Morgan fingerprint density at radius 3 is 3.19 bits per heavy atom. The van der Waals surface area contributed by atoms with Gasteiger partial charge in [-0.2, -0.15) is 0 Å². The van der Waals surface area contributed by atoms with E-state index >= 15 is 0 Å². The number of likely N-dealkylation sites (N-methyl/N-ethyl adjacent to an activating group) is 1. The average molecular weight is 286 g/mol. The number of piperidine rings is 1. The zero-order chi connectivity index (χ0) is 14.7. The molecule has 1 amide bonds. The highest BCUT2D eigenvalue weighted by Crippen LogP contribution is 2.20. The van der Waals surface area contributed by atoms with Crippen LogP contribution in [0.25, 0.3) is 11.3 Å². The van der Waals surface area contributed by atoms with Crippen molar-refractivity contribution in [3.63, 3.8) is 0 Å². The van der Waals surface area contributed by atoms with Crippen molar-refractivity contribution in [2.75, 3.05) is 20.1 Å². The van der Waals surface area contributed by atoms with Crippen molar-refractivity contribution in [3.8, 4) is 11.3 Å². The van der Waals surface area contributed by atoms with Crippen LogP contribution in [-0.2, 0) is 0 Å². The summed E-state index contributed by atoms with van der Waals surface area (Å²) in [4.78, 5) is 18.3. The van der Waals surface area contributed by atoms with Gasteiger partial charge in [0, 0.05) is 43.2 Å². The molecule has 0 spiro atoms. The molecule has 3 heterocycles. The Morgan fingerprint density at radius 2 is 2.43 bits per heavy atom. The van der Waals surface area contributed by atoms with Crippen LogP contribution in [-0.4, -0.2) is 47.1 Å². The minimum atomic E-state index is -0.0751. The summed E-state index contributed by atoms with van der Waals surface area (Å²) in [6.45, 7) is 1.48. The number of carbonyl (C=O) groups excluding carboxylic acids is 1. The Kier molecular flexibility index (Phi) is 3.96. The van der Waals surface area contributed by atoms with E-state index in [1.165, 1.54) is 0 Å². The van der Waals surface area contributed by atoms with E-state index in [1.54, 1.807) is 18.5 Å². The molecule has 1 aliphatic heterocycles. The maximum absolute atomic E-state index is 12.5. The standard InChI is InChI=1S/C15H18N4O2/c1-16-12-5-3-7-19(10-12)15(20)13-8-14(21-18-13)11-4-2-6-17-9-11/h2,4,6,8-9,12,16H,3,5,7,10H2,1H3. The van der Waals surface area contributed by atoms with Crippen LogP contribution in [0.1, 0.15) is 23.3 Å². The number of aromatic nitrogens is 2. The molecular formula is C15H18N4O2. The van der Waals surface area contributed by atoms with Gasteiger partial charge in [-0.15, -0.1) is 0 Å². The third-order valence-corrected chi connectivity index (χ3v) is 3.79. The summed E-state index contributed by atoms with van der Waals surface area (Å²) in [6, 6.07) is 5.73. The van der Waals surface area contributed by atoms with Crippen LogP contribution in [0.4, 0.5) is 0 Å². The number of nitrogens with one attached hydrogen (secondary N) is 1. The molecule has 21 heavy (non-hydrogen) atoms. The van der Waals surface area contributed by atoms with Crippen molar-refractivity contribution in [1.82, 2.24) is 20.4 Å². The van der Waals surface area contributed by atoms with Gasteiger partial charge in [-0.25, -0.2) is 0 Å². The molecule has 3 rings (SSSR count). The molecule has 0 saturated carbocycles. The zero-order valence-corrected chi connectivity index (χ0v) is 12.0. The van der Waals surface area contributed by atoms with E-state index in [0.717, 1.165) is 24.9 Å².